The van der Waals surface area contributed by atoms with Crippen LogP contribution >= 0.6 is 11.8 Å². The molecule has 0 spiro atoms. The number of hydrogen-bond acceptors (Lipinski definition) is 4. The lowest BCUT2D eigenvalue weighted by Crippen LogP contribution is -2.60. The van der Waals surface area contributed by atoms with Gasteiger partial charge < -0.3 is 15.5 Å². The SMILES string of the molecule is CN=C(NCC1(N2CCSCC2)CCCCC1)NC1CCN(C2CC2)CC1. The molecule has 2 heterocycles. The van der Waals surface area contributed by atoms with Gasteiger partial charge in [-0.3, -0.25) is 9.89 Å². The first kappa shape index (κ1) is 19.8. The van der Waals surface area contributed by atoms with Crippen LogP contribution in [0.15, 0.2) is 4.99 Å². The van der Waals surface area contributed by atoms with E-state index < -0.39 is 0 Å². The molecule has 6 heteroatoms. The monoisotopic (exact) mass is 393 g/mol. The van der Waals surface area contributed by atoms with Crippen LogP contribution in [0.25, 0.3) is 0 Å². The number of hydrogen-bond donors (Lipinski definition) is 2. The van der Waals surface area contributed by atoms with E-state index in [1.54, 1.807) is 0 Å². The molecule has 0 aromatic heterocycles. The molecule has 0 aromatic rings. The Bertz CT molecular complexity index is 487. The summed E-state index contributed by atoms with van der Waals surface area (Å²) in [7, 11) is 1.93. The van der Waals surface area contributed by atoms with Crippen molar-refractivity contribution in [2.75, 3.05) is 51.3 Å². The molecule has 0 aromatic carbocycles. The Morgan fingerprint density at radius 2 is 1.70 bits per heavy atom. The third-order valence-corrected chi connectivity index (χ3v) is 8.15. The Morgan fingerprint density at radius 3 is 2.33 bits per heavy atom. The van der Waals surface area contributed by atoms with E-state index in [9.17, 15) is 0 Å². The van der Waals surface area contributed by atoms with Crippen molar-refractivity contribution in [3.05, 3.63) is 0 Å². The molecule has 0 amide bonds. The molecule has 4 aliphatic rings. The van der Waals surface area contributed by atoms with Gasteiger partial charge in [-0.1, -0.05) is 19.3 Å². The van der Waals surface area contributed by atoms with Crippen LogP contribution in [-0.4, -0.2) is 84.7 Å². The Morgan fingerprint density at radius 1 is 1.00 bits per heavy atom. The molecule has 4 rings (SSSR count). The normalized spacial score (nSPS) is 28.9. The van der Waals surface area contributed by atoms with Gasteiger partial charge in [0, 0.05) is 68.9 Å². The summed E-state index contributed by atoms with van der Waals surface area (Å²) in [5.41, 5.74) is 0.353. The van der Waals surface area contributed by atoms with Gasteiger partial charge in [0.25, 0.3) is 0 Å². The van der Waals surface area contributed by atoms with Gasteiger partial charge in [0.1, 0.15) is 0 Å². The van der Waals surface area contributed by atoms with Gasteiger partial charge in [-0.05, 0) is 38.5 Å². The van der Waals surface area contributed by atoms with E-state index >= 15 is 0 Å². The summed E-state index contributed by atoms with van der Waals surface area (Å²) in [6.45, 7) is 6.09. The Balaban J connectivity index is 1.29. The van der Waals surface area contributed by atoms with Gasteiger partial charge in [0.15, 0.2) is 5.96 Å². The maximum atomic E-state index is 4.57. The molecule has 0 radical (unpaired) electrons. The van der Waals surface area contributed by atoms with Crippen molar-refractivity contribution in [2.45, 2.75) is 75.4 Å². The summed E-state index contributed by atoms with van der Waals surface area (Å²) in [6.07, 6.45) is 12.3. The molecule has 27 heavy (non-hydrogen) atoms. The maximum Gasteiger partial charge on any atom is 0.191 e. The largest absolute Gasteiger partial charge is 0.355 e. The molecule has 4 fully saturated rings. The van der Waals surface area contributed by atoms with Crippen molar-refractivity contribution < 1.29 is 0 Å². The van der Waals surface area contributed by atoms with Crippen molar-refractivity contribution in [3.63, 3.8) is 0 Å². The number of nitrogens with zero attached hydrogens (tertiary/aromatic N) is 3. The second-order valence-electron chi connectivity index (χ2n) is 9.00. The lowest BCUT2D eigenvalue weighted by molar-refractivity contribution is 0.0625. The van der Waals surface area contributed by atoms with Crippen LogP contribution in [0, 0.1) is 0 Å². The maximum absolute atomic E-state index is 4.57. The molecule has 0 bridgehead atoms. The second kappa shape index (κ2) is 9.36. The van der Waals surface area contributed by atoms with Crippen molar-refractivity contribution in [1.29, 1.82) is 0 Å². The van der Waals surface area contributed by atoms with E-state index in [4.69, 9.17) is 0 Å². The van der Waals surface area contributed by atoms with Crippen LogP contribution in [0.5, 0.6) is 0 Å². The van der Waals surface area contributed by atoms with Gasteiger partial charge in [0.2, 0.25) is 0 Å². The van der Waals surface area contributed by atoms with Crippen molar-refractivity contribution in [3.8, 4) is 0 Å². The highest BCUT2D eigenvalue weighted by Crippen LogP contribution is 2.35. The van der Waals surface area contributed by atoms with Gasteiger partial charge in [-0.15, -0.1) is 0 Å². The summed E-state index contributed by atoms with van der Waals surface area (Å²) in [6, 6.07) is 1.50. The molecule has 5 nitrogen and oxygen atoms in total. The topological polar surface area (TPSA) is 42.9 Å². The highest BCUT2D eigenvalue weighted by Gasteiger charge is 2.38. The lowest BCUT2D eigenvalue weighted by atomic mass is 9.80. The molecule has 2 saturated heterocycles. The molecule has 0 atom stereocenters. The van der Waals surface area contributed by atoms with Crippen LogP contribution in [-0.2, 0) is 0 Å². The molecule has 2 aliphatic carbocycles. The number of rotatable bonds is 5. The zero-order chi connectivity index (χ0) is 18.5. The van der Waals surface area contributed by atoms with E-state index in [1.165, 1.54) is 95.5 Å². The zero-order valence-electron chi connectivity index (χ0n) is 17.2. The minimum absolute atomic E-state index is 0.353. The van der Waals surface area contributed by atoms with Crippen LogP contribution in [0.3, 0.4) is 0 Å². The van der Waals surface area contributed by atoms with Crippen molar-refractivity contribution in [2.24, 2.45) is 4.99 Å². The number of piperidine rings is 1. The lowest BCUT2D eigenvalue weighted by Gasteiger charge is -2.48. The van der Waals surface area contributed by atoms with E-state index in [0.717, 1.165) is 18.5 Å². The molecule has 154 valence electrons. The van der Waals surface area contributed by atoms with Crippen molar-refractivity contribution >= 4 is 17.7 Å². The summed E-state index contributed by atoms with van der Waals surface area (Å²) < 4.78 is 0. The fraction of sp³-hybridized carbons (Fsp3) is 0.952. The van der Waals surface area contributed by atoms with Crippen LogP contribution in [0.2, 0.25) is 0 Å². The summed E-state index contributed by atoms with van der Waals surface area (Å²) >= 11 is 2.12. The Hall–Kier alpha value is -0.460. The Labute approximate surface area is 170 Å². The van der Waals surface area contributed by atoms with Crippen LogP contribution in [0.4, 0.5) is 0 Å². The number of likely N-dealkylation sites (tertiary alicyclic amines) is 1. The fourth-order valence-electron chi connectivity index (χ4n) is 5.34. The first-order valence-corrected chi connectivity index (χ1v) is 12.5. The molecular weight excluding hydrogens is 354 g/mol. The number of guanidine groups is 1. The summed E-state index contributed by atoms with van der Waals surface area (Å²) in [4.78, 5) is 10.1. The zero-order valence-corrected chi connectivity index (χ0v) is 18.0. The van der Waals surface area contributed by atoms with E-state index in [-0.39, 0.29) is 0 Å². The third kappa shape index (κ3) is 5.13. The average Bonchev–Trinajstić information content (AvgIpc) is 3.58. The Kier molecular flexibility index (Phi) is 6.88. The average molecular weight is 394 g/mol. The van der Waals surface area contributed by atoms with Gasteiger partial charge in [0.05, 0.1) is 0 Å². The number of aliphatic imine (C=N–C) groups is 1. The summed E-state index contributed by atoms with van der Waals surface area (Å²) in [5, 5.41) is 7.48. The highest BCUT2D eigenvalue weighted by molar-refractivity contribution is 7.99. The molecule has 0 unspecified atom stereocenters. The third-order valence-electron chi connectivity index (χ3n) is 7.21. The standard InChI is InChI=1S/C21H39N5S/c1-22-20(24-18-7-11-25(12-8-18)19-5-6-19)23-17-21(9-3-2-4-10-21)26-13-15-27-16-14-26/h18-19H,2-17H2,1H3,(H2,22,23,24). The van der Waals surface area contributed by atoms with E-state index in [1.807, 2.05) is 7.05 Å². The minimum atomic E-state index is 0.353. The molecule has 2 saturated carbocycles. The molecule has 2 aliphatic heterocycles. The van der Waals surface area contributed by atoms with Crippen molar-refractivity contribution in [1.82, 2.24) is 20.4 Å². The smallest absolute Gasteiger partial charge is 0.191 e. The number of thioether (sulfide) groups is 1. The van der Waals surface area contributed by atoms with E-state index in [0.29, 0.717) is 11.6 Å². The predicted molar refractivity (Wildman–Crippen MR) is 117 cm³/mol. The van der Waals surface area contributed by atoms with Crippen LogP contribution in [0.1, 0.15) is 57.8 Å². The summed E-state index contributed by atoms with van der Waals surface area (Å²) in [5.74, 6) is 3.62. The minimum Gasteiger partial charge on any atom is -0.355 e. The first-order valence-electron chi connectivity index (χ1n) is 11.3. The first-order chi connectivity index (χ1) is 13.3. The van der Waals surface area contributed by atoms with E-state index in [2.05, 4.69) is 37.2 Å². The predicted octanol–water partition coefficient (Wildman–Crippen LogP) is 2.53. The quantitative estimate of drug-likeness (QED) is 0.555. The molecular formula is C21H39N5S. The second-order valence-corrected chi connectivity index (χ2v) is 10.2. The van der Waals surface area contributed by atoms with Gasteiger partial charge >= 0.3 is 0 Å². The van der Waals surface area contributed by atoms with Gasteiger partial charge in [-0.25, -0.2) is 0 Å². The van der Waals surface area contributed by atoms with Crippen LogP contribution < -0.4 is 10.6 Å². The fourth-order valence-corrected chi connectivity index (χ4v) is 6.24. The van der Waals surface area contributed by atoms with Gasteiger partial charge in [-0.2, -0.15) is 11.8 Å². The molecule has 2 N–H and O–H groups in total. The number of nitrogens with one attached hydrogen (secondary N) is 2. The highest BCUT2D eigenvalue weighted by atomic mass is 32.2.